The molecule has 0 atom stereocenters. The molecule has 0 radical (unpaired) electrons. The molecule has 0 fully saturated rings. The van der Waals surface area contributed by atoms with E-state index in [-0.39, 0.29) is 11.5 Å². The van der Waals surface area contributed by atoms with Gasteiger partial charge in [-0.2, -0.15) is 0 Å². The predicted molar refractivity (Wildman–Crippen MR) is 119 cm³/mol. The van der Waals surface area contributed by atoms with E-state index in [1.807, 2.05) is 61.5 Å². The van der Waals surface area contributed by atoms with E-state index in [4.69, 9.17) is 0 Å². The molecule has 4 aromatic rings. The summed E-state index contributed by atoms with van der Waals surface area (Å²) in [4.78, 5) is 34.9. The number of rotatable bonds is 3. The molecular weight excluding hydrogens is 374 g/mol. The lowest BCUT2D eigenvalue weighted by molar-refractivity contribution is -0.113. The van der Waals surface area contributed by atoms with Gasteiger partial charge in [-0.05, 0) is 42.8 Å². The average Bonchev–Trinajstić information content (AvgIpc) is 3.00. The second-order valence-electron chi connectivity index (χ2n) is 7.42. The molecule has 1 amide bonds. The number of aryl methyl sites for hydroxylation is 1. The number of hydrogen-bond donors (Lipinski definition) is 1. The Morgan fingerprint density at radius 2 is 1.73 bits per heavy atom. The maximum atomic E-state index is 13.4. The molecule has 5 heteroatoms. The molecule has 0 saturated carbocycles. The first-order valence-corrected chi connectivity index (χ1v) is 9.78. The topological polar surface area (TPSA) is 66.1 Å². The number of benzene rings is 3. The summed E-state index contributed by atoms with van der Waals surface area (Å²) in [5, 5.41) is 0.527. The van der Waals surface area contributed by atoms with Crippen molar-refractivity contribution >= 4 is 34.1 Å². The van der Waals surface area contributed by atoms with Crippen LogP contribution in [0.3, 0.4) is 0 Å². The number of anilines is 1. The van der Waals surface area contributed by atoms with Crippen molar-refractivity contribution in [3.63, 3.8) is 0 Å². The summed E-state index contributed by atoms with van der Waals surface area (Å²) >= 11 is 0. The third kappa shape index (κ3) is 3.10. The molecule has 0 aliphatic carbocycles. The van der Waals surface area contributed by atoms with E-state index < -0.39 is 0 Å². The maximum absolute atomic E-state index is 13.4. The minimum atomic E-state index is -0.219. The van der Waals surface area contributed by atoms with E-state index in [2.05, 4.69) is 9.97 Å². The van der Waals surface area contributed by atoms with Crippen LogP contribution in [0.25, 0.3) is 22.6 Å². The van der Waals surface area contributed by atoms with Crippen molar-refractivity contribution in [2.45, 2.75) is 13.5 Å². The quantitative estimate of drug-likeness (QED) is 0.527. The van der Waals surface area contributed by atoms with Crippen LogP contribution in [0.5, 0.6) is 0 Å². The monoisotopic (exact) mass is 393 g/mol. The van der Waals surface area contributed by atoms with Gasteiger partial charge in [0.25, 0.3) is 11.5 Å². The molecule has 0 unspecified atom stereocenters. The summed E-state index contributed by atoms with van der Waals surface area (Å²) in [5.74, 6) is 0.270. The van der Waals surface area contributed by atoms with Crippen LogP contribution in [0, 0.1) is 6.92 Å². The van der Waals surface area contributed by atoms with Crippen molar-refractivity contribution < 1.29 is 4.79 Å². The molecule has 0 bridgehead atoms. The van der Waals surface area contributed by atoms with Crippen LogP contribution in [-0.4, -0.2) is 15.9 Å². The van der Waals surface area contributed by atoms with Gasteiger partial charge in [-0.25, -0.2) is 4.98 Å². The van der Waals surface area contributed by atoms with Crippen molar-refractivity contribution in [1.29, 1.82) is 0 Å². The fourth-order valence-corrected chi connectivity index (χ4v) is 3.84. The number of aromatic amines is 1. The minimum absolute atomic E-state index is 0.102. The summed E-state index contributed by atoms with van der Waals surface area (Å²) in [6.07, 6.45) is 1.68. The van der Waals surface area contributed by atoms with E-state index >= 15 is 0 Å². The van der Waals surface area contributed by atoms with Crippen LogP contribution in [0.4, 0.5) is 5.69 Å². The molecule has 30 heavy (non-hydrogen) atoms. The zero-order valence-electron chi connectivity index (χ0n) is 16.4. The van der Waals surface area contributed by atoms with Crippen LogP contribution in [0.15, 0.2) is 77.6 Å². The first-order chi connectivity index (χ1) is 14.6. The molecule has 0 saturated heterocycles. The summed E-state index contributed by atoms with van der Waals surface area (Å²) in [6, 6.07) is 23.1. The van der Waals surface area contributed by atoms with Crippen LogP contribution < -0.4 is 10.5 Å². The highest BCUT2D eigenvalue weighted by atomic mass is 16.2. The lowest BCUT2D eigenvalue weighted by atomic mass is 10.0. The van der Waals surface area contributed by atoms with Crippen LogP contribution in [-0.2, 0) is 11.3 Å². The van der Waals surface area contributed by atoms with Crippen molar-refractivity contribution in [2.24, 2.45) is 0 Å². The second-order valence-corrected chi connectivity index (χ2v) is 7.42. The highest BCUT2D eigenvalue weighted by Gasteiger charge is 2.32. The average molecular weight is 393 g/mol. The second kappa shape index (κ2) is 7.12. The van der Waals surface area contributed by atoms with E-state index in [0.717, 1.165) is 22.4 Å². The van der Waals surface area contributed by atoms with E-state index in [1.54, 1.807) is 29.2 Å². The fraction of sp³-hybridized carbons (Fsp3) is 0.0800. The first kappa shape index (κ1) is 18.1. The standard InChI is InChI=1S/C25H19N3O2/c1-16-11-12-22-19(13-16)20(25(30)28(22)15-17-7-3-2-4-8-17)14-23-26-21-10-6-5-9-18(21)24(29)27-23/h2-14H,15H2,1H3,(H,26,27,29). The molecular formula is C25H19N3O2. The van der Waals surface area contributed by atoms with Crippen molar-refractivity contribution in [2.75, 3.05) is 4.90 Å². The lowest BCUT2D eigenvalue weighted by Crippen LogP contribution is -2.25. The zero-order chi connectivity index (χ0) is 20.7. The smallest absolute Gasteiger partial charge is 0.259 e. The van der Waals surface area contributed by atoms with Gasteiger partial charge in [0.15, 0.2) is 0 Å². The van der Waals surface area contributed by atoms with Crippen molar-refractivity contribution in [1.82, 2.24) is 9.97 Å². The highest BCUT2D eigenvalue weighted by Crippen LogP contribution is 2.39. The van der Waals surface area contributed by atoms with Gasteiger partial charge in [-0.1, -0.05) is 54.1 Å². The molecule has 5 rings (SSSR count). The number of amides is 1. The number of carbonyl (C=O) groups is 1. The zero-order valence-corrected chi connectivity index (χ0v) is 16.4. The Morgan fingerprint density at radius 3 is 2.57 bits per heavy atom. The SMILES string of the molecule is Cc1ccc2c(c1)C(=Cc1nc3ccccc3c(=O)[nH]1)C(=O)N2Cc1ccccc1. The van der Waals surface area contributed by atoms with E-state index in [0.29, 0.717) is 28.8 Å². The van der Waals surface area contributed by atoms with Crippen molar-refractivity contribution in [3.05, 3.63) is 106 Å². The number of aromatic nitrogens is 2. The lowest BCUT2D eigenvalue weighted by Gasteiger charge is -2.17. The molecule has 1 aromatic heterocycles. The highest BCUT2D eigenvalue weighted by molar-refractivity contribution is 6.35. The number of fused-ring (bicyclic) bond motifs is 2. The first-order valence-electron chi connectivity index (χ1n) is 9.78. The molecule has 0 spiro atoms. The van der Waals surface area contributed by atoms with Gasteiger partial charge in [0.05, 0.1) is 28.7 Å². The number of hydrogen-bond acceptors (Lipinski definition) is 3. The number of nitrogens with one attached hydrogen (secondary N) is 1. The summed E-state index contributed by atoms with van der Waals surface area (Å²) in [7, 11) is 0. The molecule has 1 aliphatic heterocycles. The molecule has 2 heterocycles. The number of para-hydroxylation sites is 1. The Hall–Kier alpha value is -3.99. The Balaban J connectivity index is 1.63. The van der Waals surface area contributed by atoms with Gasteiger partial charge >= 0.3 is 0 Å². The van der Waals surface area contributed by atoms with Gasteiger partial charge in [-0.3, -0.25) is 9.59 Å². The molecule has 146 valence electrons. The number of nitrogens with zero attached hydrogens (tertiary/aromatic N) is 2. The van der Waals surface area contributed by atoms with Crippen LogP contribution >= 0.6 is 0 Å². The number of carbonyl (C=O) groups excluding carboxylic acids is 1. The van der Waals surface area contributed by atoms with Gasteiger partial charge < -0.3 is 9.88 Å². The molecule has 1 aliphatic rings. The third-order valence-corrected chi connectivity index (χ3v) is 5.30. The largest absolute Gasteiger partial charge is 0.306 e. The molecule has 1 N–H and O–H groups in total. The summed E-state index contributed by atoms with van der Waals surface area (Å²) < 4.78 is 0. The van der Waals surface area contributed by atoms with E-state index in [9.17, 15) is 9.59 Å². The number of H-pyrrole nitrogens is 1. The molecule has 3 aromatic carbocycles. The van der Waals surface area contributed by atoms with Gasteiger partial charge in [0.1, 0.15) is 5.82 Å². The summed E-state index contributed by atoms with van der Waals surface area (Å²) in [6.45, 7) is 2.48. The minimum Gasteiger partial charge on any atom is -0.306 e. The summed E-state index contributed by atoms with van der Waals surface area (Å²) in [5.41, 5.74) is 4.75. The fourth-order valence-electron chi connectivity index (χ4n) is 3.84. The Kier molecular flexibility index (Phi) is 4.29. The Bertz CT molecular complexity index is 1370. The van der Waals surface area contributed by atoms with Crippen LogP contribution in [0.1, 0.15) is 22.5 Å². The molecule has 5 nitrogen and oxygen atoms in total. The van der Waals surface area contributed by atoms with E-state index in [1.165, 1.54) is 0 Å². The van der Waals surface area contributed by atoms with Gasteiger partial charge in [0.2, 0.25) is 0 Å². The van der Waals surface area contributed by atoms with Crippen LogP contribution in [0.2, 0.25) is 0 Å². The Labute approximate surface area is 173 Å². The van der Waals surface area contributed by atoms with Crippen molar-refractivity contribution in [3.8, 4) is 0 Å². The predicted octanol–water partition coefficient (Wildman–Crippen LogP) is 4.32. The van der Waals surface area contributed by atoms with Gasteiger partial charge in [0, 0.05) is 5.56 Å². The Morgan fingerprint density at radius 1 is 0.967 bits per heavy atom. The normalized spacial score (nSPS) is 14.5. The third-order valence-electron chi connectivity index (χ3n) is 5.30. The maximum Gasteiger partial charge on any atom is 0.259 e. The van der Waals surface area contributed by atoms with Gasteiger partial charge in [-0.15, -0.1) is 0 Å².